The standard InChI is InChI=1S/C17H22O6/c1-17(2)22-15(18)12(16(19)23-17)7-5-6-11-8-9-13(20-3)14(10-11)21-4/h8-10,12H,5-7H2,1-4H3. The molecule has 23 heavy (non-hydrogen) atoms. The minimum absolute atomic E-state index is 0.391. The lowest BCUT2D eigenvalue weighted by Gasteiger charge is -2.32. The van der Waals surface area contributed by atoms with Crippen molar-refractivity contribution >= 4 is 11.9 Å². The maximum atomic E-state index is 11.9. The van der Waals surface area contributed by atoms with E-state index in [2.05, 4.69) is 0 Å². The molecular formula is C17H22O6. The fraction of sp³-hybridized carbons (Fsp3) is 0.529. The molecule has 1 aliphatic heterocycles. The van der Waals surface area contributed by atoms with Gasteiger partial charge in [-0.05, 0) is 37.0 Å². The van der Waals surface area contributed by atoms with Crippen molar-refractivity contribution in [2.75, 3.05) is 14.2 Å². The van der Waals surface area contributed by atoms with Gasteiger partial charge in [-0.25, -0.2) is 0 Å². The summed E-state index contributed by atoms with van der Waals surface area (Å²) in [6.45, 7) is 3.09. The molecule has 0 spiro atoms. The van der Waals surface area contributed by atoms with E-state index in [1.165, 1.54) is 0 Å². The fourth-order valence-corrected chi connectivity index (χ4v) is 2.53. The second-order valence-electron chi connectivity index (χ2n) is 5.88. The number of carbonyl (C=O) groups excluding carboxylic acids is 2. The summed E-state index contributed by atoms with van der Waals surface area (Å²) < 4.78 is 20.7. The highest BCUT2D eigenvalue weighted by Crippen LogP contribution is 2.29. The molecule has 1 saturated heterocycles. The van der Waals surface area contributed by atoms with Gasteiger partial charge in [0.05, 0.1) is 14.2 Å². The van der Waals surface area contributed by atoms with Gasteiger partial charge in [0.15, 0.2) is 17.4 Å². The SMILES string of the molecule is COc1ccc(CCCC2C(=O)OC(C)(C)OC2=O)cc1OC. The van der Waals surface area contributed by atoms with Crippen LogP contribution in [0.4, 0.5) is 0 Å². The Morgan fingerprint density at radius 2 is 1.65 bits per heavy atom. The van der Waals surface area contributed by atoms with Gasteiger partial charge in [0.1, 0.15) is 0 Å². The second-order valence-corrected chi connectivity index (χ2v) is 5.88. The highest BCUT2D eigenvalue weighted by atomic mass is 16.7. The van der Waals surface area contributed by atoms with Crippen LogP contribution in [0.5, 0.6) is 11.5 Å². The largest absolute Gasteiger partial charge is 0.493 e. The predicted octanol–water partition coefficient (Wildman–Crippen LogP) is 2.48. The van der Waals surface area contributed by atoms with Gasteiger partial charge >= 0.3 is 11.9 Å². The van der Waals surface area contributed by atoms with E-state index in [-0.39, 0.29) is 0 Å². The summed E-state index contributed by atoms with van der Waals surface area (Å²) in [7, 11) is 3.16. The number of esters is 2. The zero-order chi connectivity index (χ0) is 17.0. The van der Waals surface area contributed by atoms with Crippen molar-refractivity contribution in [2.45, 2.75) is 38.9 Å². The van der Waals surface area contributed by atoms with E-state index in [1.54, 1.807) is 28.1 Å². The first-order chi connectivity index (χ1) is 10.9. The molecule has 6 heteroatoms. The monoisotopic (exact) mass is 322 g/mol. The molecule has 2 rings (SSSR count). The fourth-order valence-electron chi connectivity index (χ4n) is 2.53. The third-order valence-corrected chi connectivity index (χ3v) is 3.67. The van der Waals surface area contributed by atoms with Gasteiger partial charge in [-0.15, -0.1) is 0 Å². The van der Waals surface area contributed by atoms with Crippen LogP contribution in [0.3, 0.4) is 0 Å². The molecule has 0 N–H and O–H groups in total. The molecule has 1 fully saturated rings. The van der Waals surface area contributed by atoms with Crippen molar-refractivity contribution in [3.05, 3.63) is 23.8 Å². The van der Waals surface area contributed by atoms with Crippen molar-refractivity contribution in [2.24, 2.45) is 5.92 Å². The maximum absolute atomic E-state index is 11.9. The van der Waals surface area contributed by atoms with E-state index >= 15 is 0 Å². The Morgan fingerprint density at radius 1 is 1.04 bits per heavy atom. The van der Waals surface area contributed by atoms with Gasteiger partial charge in [0, 0.05) is 13.8 Å². The first-order valence-electron chi connectivity index (χ1n) is 7.53. The summed E-state index contributed by atoms with van der Waals surface area (Å²) >= 11 is 0. The normalized spacial score (nSPS) is 17.4. The van der Waals surface area contributed by atoms with Gasteiger partial charge in [-0.1, -0.05) is 6.07 Å². The zero-order valence-electron chi connectivity index (χ0n) is 13.9. The Kier molecular flexibility index (Phi) is 5.13. The van der Waals surface area contributed by atoms with Crippen LogP contribution < -0.4 is 9.47 Å². The molecule has 6 nitrogen and oxygen atoms in total. The van der Waals surface area contributed by atoms with Crippen LogP contribution in [-0.4, -0.2) is 31.9 Å². The van der Waals surface area contributed by atoms with E-state index in [9.17, 15) is 9.59 Å². The van der Waals surface area contributed by atoms with E-state index in [1.807, 2.05) is 18.2 Å². The van der Waals surface area contributed by atoms with E-state index < -0.39 is 23.6 Å². The lowest BCUT2D eigenvalue weighted by molar-refractivity contribution is -0.240. The molecule has 1 aromatic rings. The number of methoxy groups -OCH3 is 2. The number of aryl methyl sites for hydroxylation is 1. The van der Waals surface area contributed by atoms with Crippen molar-refractivity contribution in [1.29, 1.82) is 0 Å². The highest BCUT2D eigenvalue weighted by Gasteiger charge is 2.42. The van der Waals surface area contributed by atoms with Gasteiger partial charge in [0.2, 0.25) is 0 Å². The first kappa shape index (κ1) is 17.1. The Morgan fingerprint density at radius 3 is 2.22 bits per heavy atom. The summed E-state index contributed by atoms with van der Waals surface area (Å²) in [5, 5.41) is 0. The number of ether oxygens (including phenoxy) is 4. The molecule has 1 aliphatic rings. The summed E-state index contributed by atoms with van der Waals surface area (Å²) in [4.78, 5) is 23.8. The maximum Gasteiger partial charge on any atom is 0.323 e. The summed E-state index contributed by atoms with van der Waals surface area (Å²) in [5.41, 5.74) is 1.04. The smallest absolute Gasteiger partial charge is 0.323 e. The quantitative estimate of drug-likeness (QED) is 0.592. The van der Waals surface area contributed by atoms with E-state index in [0.717, 1.165) is 5.56 Å². The topological polar surface area (TPSA) is 71.1 Å². The van der Waals surface area contributed by atoms with Crippen LogP contribution in [-0.2, 0) is 25.5 Å². The van der Waals surface area contributed by atoms with Crippen molar-refractivity contribution in [3.8, 4) is 11.5 Å². The number of benzene rings is 1. The Hall–Kier alpha value is -2.24. The Bertz CT molecular complexity index is 573. The van der Waals surface area contributed by atoms with Gasteiger partial charge < -0.3 is 18.9 Å². The van der Waals surface area contributed by atoms with Crippen LogP contribution >= 0.6 is 0 Å². The molecular weight excluding hydrogens is 300 g/mol. The van der Waals surface area contributed by atoms with Gasteiger partial charge in [0.25, 0.3) is 5.79 Å². The lowest BCUT2D eigenvalue weighted by atomic mass is 9.98. The lowest BCUT2D eigenvalue weighted by Crippen LogP contribution is -2.46. The van der Waals surface area contributed by atoms with Crippen LogP contribution in [0, 0.1) is 5.92 Å². The average molecular weight is 322 g/mol. The molecule has 0 aromatic heterocycles. The van der Waals surface area contributed by atoms with E-state index in [4.69, 9.17) is 18.9 Å². The summed E-state index contributed by atoms with van der Waals surface area (Å²) in [6.07, 6.45) is 1.76. The molecule has 0 atom stereocenters. The zero-order valence-corrected chi connectivity index (χ0v) is 13.9. The molecule has 126 valence electrons. The molecule has 0 radical (unpaired) electrons. The second kappa shape index (κ2) is 6.89. The Balaban J connectivity index is 1.92. The highest BCUT2D eigenvalue weighted by molar-refractivity contribution is 5.96. The van der Waals surface area contributed by atoms with Crippen molar-refractivity contribution in [3.63, 3.8) is 0 Å². The molecule has 0 amide bonds. The Labute approximate surface area is 135 Å². The number of cyclic esters (lactones) is 2. The molecule has 0 aliphatic carbocycles. The molecule has 1 heterocycles. The minimum Gasteiger partial charge on any atom is -0.493 e. The number of hydrogen-bond acceptors (Lipinski definition) is 6. The third-order valence-electron chi connectivity index (χ3n) is 3.67. The van der Waals surface area contributed by atoms with E-state index in [0.29, 0.717) is 30.8 Å². The predicted molar refractivity (Wildman–Crippen MR) is 82.2 cm³/mol. The molecule has 1 aromatic carbocycles. The molecule has 0 saturated carbocycles. The van der Waals surface area contributed by atoms with Crippen molar-refractivity contribution in [1.82, 2.24) is 0 Å². The number of carbonyl (C=O) groups is 2. The summed E-state index contributed by atoms with van der Waals surface area (Å²) in [5.74, 6) is -1.73. The van der Waals surface area contributed by atoms with Gasteiger partial charge in [-0.2, -0.15) is 0 Å². The number of hydrogen-bond donors (Lipinski definition) is 0. The third kappa shape index (κ3) is 4.15. The van der Waals surface area contributed by atoms with Crippen LogP contribution in [0.15, 0.2) is 18.2 Å². The van der Waals surface area contributed by atoms with Crippen LogP contribution in [0.2, 0.25) is 0 Å². The number of rotatable bonds is 6. The average Bonchev–Trinajstić information content (AvgIpc) is 2.48. The van der Waals surface area contributed by atoms with Crippen LogP contribution in [0.1, 0.15) is 32.3 Å². The van der Waals surface area contributed by atoms with Gasteiger partial charge in [-0.3, -0.25) is 9.59 Å². The van der Waals surface area contributed by atoms with Crippen molar-refractivity contribution < 1.29 is 28.5 Å². The molecule has 0 bridgehead atoms. The van der Waals surface area contributed by atoms with Crippen LogP contribution in [0.25, 0.3) is 0 Å². The minimum atomic E-state index is -1.17. The molecule has 0 unspecified atom stereocenters. The summed E-state index contributed by atoms with van der Waals surface area (Å²) in [6, 6.07) is 5.65. The first-order valence-corrected chi connectivity index (χ1v) is 7.53.